The summed E-state index contributed by atoms with van der Waals surface area (Å²) in [6, 6.07) is 4.04. The molecule has 0 N–H and O–H groups in total. The lowest BCUT2D eigenvalue weighted by Crippen LogP contribution is -2.44. The molecule has 0 aliphatic carbocycles. The first-order valence-electron chi connectivity index (χ1n) is 6.67. The van der Waals surface area contributed by atoms with E-state index in [1.807, 2.05) is 0 Å². The van der Waals surface area contributed by atoms with Crippen LogP contribution in [0.1, 0.15) is 10.4 Å². The minimum atomic E-state index is -3.07. The van der Waals surface area contributed by atoms with E-state index in [1.54, 1.807) is 19.0 Å². The molecular weight excluding hydrogens is 310 g/mol. The molecule has 0 bridgehead atoms. The molecule has 1 aromatic rings. The number of carbonyl (C=O) groups excluding carboxylic acids is 1. The number of hydrogen-bond acceptors (Lipinski definition) is 6. The zero-order valence-corrected chi connectivity index (χ0v) is 13.2. The van der Waals surface area contributed by atoms with Crippen LogP contribution in [0.2, 0.25) is 0 Å². The maximum Gasteiger partial charge on any atom is 0.271 e. The maximum atomic E-state index is 12.6. The number of rotatable bonds is 3. The smallest absolute Gasteiger partial charge is 0.271 e. The van der Waals surface area contributed by atoms with Gasteiger partial charge >= 0.3 is 0 Å². The van der Waals surface area contributed by atoms with E-state index in [4.69, 9.17) is 0 Å². The summed E-state index contributed by atoms with van der Waals surface area (Å²) in [4.78, 5) is 26.0. The lowest BCUT2D eigenvalue weighted by atomic mass is 10.1. The van der Waals surface area contributed by atoms with Gasteiger partial charge in [-0.2, -0.15) is 0 Å². The predicted octanol–water partition coefficient (Wildman–Crippen LogP) is 0.531. The zero-order valence-electron chi connectivity index (χ0n) is 12.4. The van der Waals surface area contributed by atoms with Gasteiger partial charge < -0.3 is 9.80 Å². The fraction of sp³-hybridized carbons (Fsp3) is 0.462. The molecule has 120 valence electrons. The number of nitrogens with zero attached hydrogens (tertiary/aromatic N) is 3. The van der Waals surface area contributed by atoms with Crippen LogP contribution in [-0.2, 0) is 9.84 Å². The summed E-state index contributed by atoms with van der Waals surface area (Å²) in [7, 11) is 0.313. The Kier molecular flexibility index (Phi) is 4.36. The number of nitro benzene ring substituents is 1. The average Bonchev–Trinajstić information content (AvgIpc) is 2.45. The van der Waals surface area contributed by atoms with Crippen LogP contribution in [0.25, 0.3) is 0 Å². The molecule has 0 atom stereocenters. The fourth-order valence-electron chi connectivity index (χ4n) is 2.27. The van der Waals surface area contributed by atoms with Crippen molar-refractivity contribution in [3.63, 3.8) is 0 Å². The first kappa shape index (κ1) is 16.2. The van der Waals surface area contributed by atoms with E-state index in [9.17, 15) is 23.3 Å². The molecule has 1 amide bonds. The second kappa shape index (κ2) is 5.91. The molecule has 0 saturated carbocycles. The fourth-order valence-corrected chi connectivity index (χ4v) is 3.47. The van der Waals surface area contributed by atoms with Crippen molar-refractivity contribution < 1.29 is 18.1 Å². The Hall–Kier alpha value is -2.16. The van der Waals surface area contributed by atoms with Crippen LogP contribution >= 0.6 is 0 Å². The standard InChI is InChI=1S/C13H17N3O5S/c1-14(2)12-9-10(16(18)19)3-4-11(12)13(17)15-5-7-22(20,21)8-6-15/h3-4,9H,5-8H2,1-2H3. The Labute approximate surface area is 128 Å². The number of benzene rings is 1. The van der Waals surface area contributed by atoms with Crippen molar-refractivity contribution in [2.24, 2.45) is 0 Å². The number of non-ortho nitro benzene ring substituents is 1. The molecule has 1 saturated heterocycles. The minimum absolute atomic E-state index is 0.0526. The van der Waals surface area contributed by atoms with Gasteiger partial charge in [0, 0.05) is 39.3 Å². The highest BCUT2D eigenvalue weighted by Crippen LogP contribution is 2.26. The molecule has 1 aliphatic heterocycles. The quantitative estimate of drug-likeness (QED) is 0.593. The summed E-state index contributed by atoms with van der Waals surface area (Å²) < 4.78 is 22.9. The lowest BCUT2D eigenvalue weighted by molar-refractivity contribution is -0.384. The van der Waals surface area contributed by atoms with Gasteiger partial charge in [-0.1, -0.05) is 0 Å². The molecule has 1 aromatic carbocycles. The molecule has 0 unspecified atom stereocenters. The Morgan fingerprint density at radius 3 is 2.36 bits per heavy atom. The van der Waals surface area contributed by atoms with Crippen molar-refractivity contribution in [2.45, 2.75) is 0 Å². The van der Waals surface area contributed by atoms with Gasteiger partial charge in [-0.3, -0.25) is 14.9 Å². The van der Waals surface area contributed by atoms with E-state index in [0.29, 0.717) is 11.3 Å². The second-order valence-corrected chi connectivity index (χ2v) is 7.60. The summed E-state index contributed by atoms with van der Waals surface area (Å²) in [6.07, 6.45) is 0. The van der Waals surface area contributed by atoms with Crippen LogP contribution in [0.15, 0.2) is 18.2 Å². The van der Waals surface area contributed by atoms with Crippen LogP contribution in [0.3, 0.4) is 0 Å². The predicted molar refractivity (Wildman–Crippen MR) is 82.0 cm³/mol. The molecule has 0 aromatic heterocycles. The van der Waals surface area contributed by atoms with Crippen molar-refractivity contribution in [3.05, 3.63) is 33.9 Å². The van der Waals surface area contributed by atoms with E-state index in [-0.39, 0.29) is 36.2 Å². The van der Waals surface area contributed by atoms with Gasteiger partial charge in [0.25, 0.3) is 11.6 Å². The second-order valence-electron chi connectivity index (χ2n) is 5.30. The number of hydrogen-bond donors (Lipinski definition) is 0. The summed E-state index contributed by atoms with van der Waals surface area (Å²) in [5.41, 5.74) is 0.670. The maximum absolute atomic E-state index is 12.6. The Bertz CT molecular complexity index is 700. The van der Waals surface area contributed by atoms with Crippen molar-refractivity contribution in [3.8, 4) is 0 Å². The Balaban J connectivity index is 2.31. The summed E-state index contributed by atoms with van der Waals surface area (Å²) in [5.74, 6) is -0.417. The highest BCUT2D eigenvalue weighted by molar-refractivity contribution is 7.91. The normalized spacial score (nSPS) is 17.1. The van der Waals surface area contributed by atoms with Crippen molar-refractivity contribution >= 4 is 27.1 Å². The molecule has 1 fully saturated rings. The summed E-state index contributed by atoms with van der Waals surface area (Å²) in [5, 5.41) is 10.9. The van der Waals surface area contributed by atoms with Gasteiger partial charge in [0.15, 0.2) is 9.84 Å². The largest absolute Gasteiger partial charge is 0.377 e. The Morgan fingerprint density at radius 2 is 1.86 bits per heavy atom. The highest BCUT2D eigenvalue weighted by Gasteiger charge is 2.28. The van der Waals surface area contributed by atoms with E-state index < -0.39 is 14.8 Å². The zero-order chi connectivity index (χ0) is 16.5. The van der Waals surface area contributed by atoms with E-state index >= 15 is 0 Å². The lowest BCUT2D eigenvalue weighted by Gasteiger charge is -2.28. The van der Waals surface area contributed by atoms with Gasteiger partial charge in [0.1, 0.15) is 0 Å². The van der Waals surface area contributed by atoms with Crippen molar-refractivity contribution in [1.29, 1.82) is 0 Å². The van der Waals surface area contributed by atoms with Gasteiger partial charge in [-0.25, -0.2) is 8.42 Å². The molecule has 9 heteroatoms. The molecule has 0 radical (unpaired) electrons. The van der Waals surface area contributed by atoms with Crippen molar-refractivity contribution in [1.82, 2.24) is 4.90 Å². The molecule has 2 rings (SSSR count). The first-order valence-corrected chi connectivity index (χ1v) is 8.49. The van der Waals surface area contributed by atoms with Crippen LogP contribution < -0.4 is 4.90 Å². The van der Waals surface area contributed by atoms with Crippen LogP contribution in [0, 0.1) is 10.1 Å². The molecule has 22 heavy (non-hydrogen) atoms. The van der Waals surface area contributed by atoms with E-state index in [2.05, 4.69) is 0 Å². The Morgan fingerprint density at radius 1 is 1.27 bits per heavy atom. The number of carbonyl (C=O) groups is 1. The van der Waals surface area contributed by atoms with Gasteiger partial charge in [0.05, 0.1) is 27.7 Å². The molecule has 0 spiro atoms. The number of anilines is 1. The van der Waals surface area contributed by atoms with Crippen LogP contribution in [0.5, 0.6) is 0 Å². The number of nitro groups is 1. The van der Waals surface area contributed by atoms with Gasteiger partial charge in [-0.15, -0.1) is 0 Å². The summed E-state index contributed by atoms with van der Waals surface area (Å²) in [6.45, 7) is 0.288. The molecule has 1 aliphatic rings. The van der Waals surface area contributed by atoms with E-state index in [1.165, 1.54) is 23.1 Å². The molecule has 1 heterocycles. The van der Waals surface area contributed by atoms with Gasteiger partial charge in [0.2, 0.25) is 0 Å². The topological polar surface area (TPSA) is 101 Å². The first-order chi connectivity index (χ1) is 10.2. The molecule has 8 nitrogen and oxygen atoms in total. The SMILES string of the molecule is CN(C)c1cc([N+](=O)[O-])ccc1C(=O)N1CCS(=O)(=O)CC1. The van der Waals surface area contributed by atoms with Gasteiger partial charge in [-0.05, 0) is 6.07 Å². The number of sulfone groups is 1. The third kappa shape index (κ3) is 3.35. The third-order valence-corrected chi connectivity index (χ3v) is 5.15. The van der Waals surface area contributed by atoms with Crippen LogP contribution in [0.4, 0.5) is 11.4 Å². The van der Waals surface area contributed by atoms with Crippen molar-refractivity contribution in [2.75, 3.05) is 43.6 Å². The third-order valence-electron chi connectivity index (χ3n) is 3.54. The van der Waals surface area contributed by atoms with E-state index in [0.717, 1.165) is 0 Å². The van der Waals surface area contributed by atoms with Crippen LogP contribution in [-0.4, -0.2) is 62.8 Å². The summed E-state index contributed by atoms with van der Waals surface area (Å²) >= 11 is 0. The minimum Gasteiger partial charge on any atom is -0.377 e. The average molecular weight is 327 g/mol. The highest BCUT2D eigenvalue weighted by atomic mass is 32.2. The molecular formula is C13H17N3O5S. The number of amides is 1. The monoisotopic (exact) mass is 327 g/mol.